The highest BCUT2D eigenvalue weighted by Crippen LogP contribution is 2.21. The first-order chi connectivity index (χ1) is 12.1. The molecule has 3 aromatic rings. The number of benzene rings is 2. The summed E-state index contributed by atoms with van der Waals surface area (Å²) in [6, 6.07) is 15.8. The molecule has 0 saturated carbocycles. The maximum atomic E-state index is 12.3. The Bertz CT molecular complexity index is 902. The van der Waals surface area contributed by atoms with Crippen LogP contribution >= 0.6 is 15.9 Å². The number of anilines is 1. The number of methoxy groups -OCH3 is 1. The fraction of sp³-hybridized carbons (Fsp3) is 0.0556. The molecule has 25 heavy (non-hydrogen) atoms. The molecular formula is C18H14BrN3O3. The number of nitrogens with zero attached hydrogens (tertiary/aromatic N) is 1. The van der Waals surface area contributed by atoms with Gasteiger partial charge in [0.1, 0.15) is 5.69 Å². The number of carbonyl (C=O) groups is 2. The van der Waals surface area contributed by atoms with Crippen molar-refractivity contribution in [2.75, 3.05) is 12.4 Å². The SMILES string of the molecule is COC(=O)c1ccc(NC(=O)c2cc(-c3ccc(Br)cc3)n[nH]2)cc1. The summed E-state index contributed by atoms with van der Waals surface area (Å²) in [5.41, 5.74) is 2.91. The van der Waals surface area contributed by atoms with Gasteiger partial charge in [-0.1, -0.05) is 28.1 Å². The number of ether oxygens (including phenoxy) is 1. The van der Waals surface area contributed by atoms with E-state index in [9.17, 15) is 9.59 Å². The van der Waals surface area contributed by atoms with Crippen molar-refractivity contribution in [3.05, 3.63) is 70.3 Å². The first kappa shape index (κ1) is 16.9. The lowest BCUT2D eigenvalue weighted by Crippen LogP contribution is -2.12. The van der Waals surface area contributed by atoms with Crippen molar-refractivity contribution in [2.24, 2.45) is 0 Å². The Labute approximate surface area is 152 Å². The molecule has 2 N–H and O–H groups in total. The summed E-state index contributed by atoms with van der Waals surface area (Å²) in [5, 5.41) is 9.64. The van der Waals surface area contributed by atoms with Crippen LogP contribution < -0.4 is 5.32 Å². The van der Waals surface area contributed by atoms with Crippen molar-refractivity contribution >= 4 is 33.5 Å². The van der Waals surface area contributed by atoms with E-state index in [0.717, 1.165) is 10.0 Å². The fourth-order valence-electron chi connectivity index (χ4n) is 2.21. The van der Waals surface area contributed by atoms with Crippen LogP contribution in [0.25, 0.3) is 11.3 Å². The molecule has 126 valence electrons. The van der Waals surface area contributed by atoms with Crippen LogP contribution in [0.1, 0.15) is 20.8 Å². The Morgan fingerprint density at radius 1 is 1.08 bits per heavy atom. The van der Waals surface area contributed by atoms with E-state index in [4.69, 9.17) is 0 Å². The molecule has 0 aliphatic heterocycles. The van der Waals surface area contributed by atoms with Gasteiger partial charge in [0, 0.05) is 15.7 Å². The minimum absolute atomic E-state index is 0.318. The number of rotatable bonds is 4. The van der Waals surface area contributed by atoms with E-state index in [1.165, 1.54) is 7.11 Å². The zero-order valence-electron chi connectivity index (χ0n) is 13.2. The predicted octanol–water partition coefficient (Wildman–Crippen LogP) is 3.88. The Morgan fingerprint density at radius 2 is 1.76 bits per heavy atom. The minimum atomic E-state index is -0.425. The largest absolute Gasteiger partial charge is 0.465 e. The molecule has 0 unspecified atom stereocenters. The fourth-order valence-corrected chi connectivity index (χ4v) is 2.48. The van der Waals surface area contributed by atoms with Gasteiger partial charge in [-0.2, -0.15) is 5.10 Å². The molecule has 0 fully saturated rings. The summed E-state index contributed by atoms with van der Waals surface area (Å²) < 4.78 is 5.61. The smallest absolute Gasteiger partial charge is 0.337 e. The van der Waals surface area contributed by atoms with Gasteiger partial charge in [0.05, 0.1) is 18.4 Å². The zero-order chi connectivity index (χ0) is 17.8. The first-order valence-corrected chi connectivity index (χ1v) is 8.17. The quantitative estimate of drug-likeness (QED) is 0.651. The molecule has 0 aliphatic rings. The second-order valence-corrected chi connectivity index (χ2v) is 6.11. The molecule has 0 saturated heterocycles. The van der Waals surface area contributed by atoms with Crippen LogP contribution in [-0.4, -0.2) is 29.2 Å². The molecule has 0 spiro atoms. The molecule has 0 atom stereocenters. The third-order valence-corrected chi connectivity index (χ3v) is 4.06. The molecule has 1 amide bonds. The van der Waals surface area contributed by atoms with Gasteiger partial charge in [-0.05, 0) is 42.5 Å². The molecule has 0 bridgehead atoms. The zero-order valence-corrected chi connectivity index (χ0v) is 14.8. The van der Waals surface area contributed by atoms with E-state index in [1.54, 1.807) is 30.3 Å². The van der Waals surface area contributed by atoms with E-state index in [1.807, 2.05) is 24.3 Å². The van der Waals surface area contributed by atoms with Gasteiger partial charge in [0.2, 0.25) is 0 Å². The highest BCUT2D eigenvalue weighted by atomic mass is 79.9. The lowest BCUT2D eigenvalue weighted by Gasteiger charge is -2.04. The van der Waals surface area contributed by atoms with Gasteiger partial charge < -0.3 is 10.1 Å². The van der Waals surface area contributed by atoms with Crippen LogP contribution in [0.15, 0.2) is 59.1 Å². The number of hydrogen-bond donors (Lipinski definition) is 2. The van der Waals surface area contributed by atoms with Crippen molar-refractivity contribution in [2.45, 2.75) is 0 Å². The number of aromatic nitrogens is 2. The van der Waals surface area contributed by atoms with Gasteiger partial charge in [-0.3, -0.25) is 9.89 Å². The topological polar surface area (TPSA) is 84.1 Å². The Morgan fingerprint density at radius 3 is 2.40 bits per heavy atom. The van der Waals surface area contributed by atoms with E-state index in [2.05, 4.69) is 36.2 Å². The average molecular weight is 400 g/mol. The highest BCUT2D eigenvalue weighted by Gasteiger charge is 2.12. The van der Waals surface area contributed by atoms with Crippen LogP contribution in [-0.2, 0) is 4.74 Å². The maximum Gasteiger partial charge on any atom is 0.337 e. The number of nitrogens with one attached hydrogen (secondary N) is 2. The molecule has 7 heteroatoms. The summed E-state index contributed by atoms with van der Waals surface area (Å²) >= 11 is 3.38. The molecular weight excluding hydrogens is 386 g/mol. The predicted molar refractivity (Wildman–Crippen MR) is 97.5 cm³/mol. The minimum Gasteiger partial charge on any atom is -0.465 e. The summed E-state index contributed by atoms with van der Waals surface area (Å²) in [4.78, 5) is 23.7. The van der Waals surface area contributed by atoms with Crippen LogP contribution in [0.3, 0.4) is 0 Å². The number of amides is 1. The van der Waals surface area contributed by atoms with E-state index in [0.29, 0.717) is 22.6 Å². The van der Waals surface area contributed by atoms with Crippen molar-refractivity contribution < 1.29 is 14.3 Å². The van der Waals surface area contributed by atoms with Crippen LogP contribution in [0, 0.1) is 0 Å². The third kappa shape index (κ3) is 3.95. The van der Waals surface area contributed by atoms with Crippen molar-refractivity contribution in [1.82, 2.24) is 10.2 Å². The van der Waals surface area contributed by atoms with Gasteiger partial charge in [0.15, 0.2) is 0 Å². The number of halogens is 1. The standard InChI is InChI=1S/C18H14BrN3O3/c1-25-18(24)12-4-8-14(9-5-12)20-17(23)16-10-15(21-22-16)11-2-6-13(19)7-3-11/h2-10H,1H3,(H,20,23)(H,21,22). The first-order valence-electron chi connectivity index (χ1n) is 7.38. The second-order valence-electron chi connectivity index (χ2n) is 5.20. The van der Waals surface area contributed by atoms with Gasteiger partial charge in [-0.15, -0.1) is 0 Å². The molecule has 0 aliphatic carbocycles. The molecule has 1 heterocycles. The lowest BCUT2D eigenvalue weighted by atomic mass is 10.1. The number of esters is 1. The Kier molecular flexibility index (Phi) is 4.95. The Balaban J connectivity index is 1.71. The molecule has 3 rings (SSSR count). The normalized spacial score (nSPS) is 10.3. The second kappa shape index (κ2) is 7.31. The van der Waals surface area contributed by atoms with Crippen LogP contribution in [0.2, 0.25) is 0 Å². The van der Waals surface area contributed by atoms with Gasteiger partial charge in [0.25, 0.3) is 5.91 Å². The summed E-state index contributed by atoms with van der Waals surface area (Å²) in [7, 11) is 1.32. The van der Waals surface area contributed by atoms with Crippen molar-refractivity contribution in [3.8, 4) is 11.3 Å². The monoisotopic (exact) mass is 399 g/mol. The number of carbonyl (C=O) groups excluding carboxylic acids is 2. The van der Waals surface area contributed by atoms with Gasteiger partial charge >= 0.3 is 5.97 Å². The highest BCUT2D eigenvalue weighted by molar-refractivity contribution is 9.10. The molecule has 0 radical (unpaired) electrons. The van der Waals surface area contributed by atoms with E-state index in [-0.39, 0.29) is 5.91 Å². The van der Waals surface area contributed by atoms with Gasteiger partial charge in [-0.25, -0.2) is 4.79 Å². The van der Waals surface area contributed by atoms with Crippen LogP contribution in [0.5, 0.6) is 0 Å². The summed E-state index contributed by atoms with van der Waals surface area (Å²) in [6.45, 7) is 0. The molecule has 2 aromatic carbocycles. The van der Waals surface area contributed by atoms with Crippen molar-refractivity contribution in [3.63, 3.8) is 0 Å². The number of aromatic amines is 1. The van der Waals surface area contributed by atoms with E-state index < -0.39 is 5.97 Å². The van der Waals surface area contributed by atoms with Crippen molar-refractivity contribution in [1.29, 1.82) is 0 Å². The average Bonchev–Trinajstić information content (AvgIpc) is 3.12. The number of hydrogen-bond acceptors (Lipinski definition) is 4. The summed E-state index contributed by atoms with van der Waals surface area (Å²) in [6.07, 6.45) is 0. The summed E-state index contributed by atoms with van der Waals surface area (Å²) in [5.74, 6) is -0.743. The number of H-pyrrole nitrogens is 1. The Hall–Kier alpha value is -2.93. The third-order valence-electron chi connectivity index (χ3n) is 3.53. The maximum absolute atomic E-state index is 12.3. The van der Waals surface area contributed by atoms with E-state index >= 15 is 0 Å². The lowest BCUT2D eigenvalue weighted by molar-refractivity contribution is 0.0600. The molecule has 6 nitrogen and oxygen atoms in total. The van der Waals surface area contributed by atoms with Crippen LogP contribution in [0.4, 0.5) is 5.69 Å². The molecule has 1 aromatic heterocycles.